The van der Waals surface area contributed by atoms with Crippen LogP contribution in [0.5, 0.6) is 0 Å². The summed E-state index contributed by atoms with van der Waals surface area (Å²) in [5, 5.41) is 1.30. The van der Waals surface area contributed by atoms with E-state index in [9.17, 15) is 8.42 Å². The largest absolute Gasteiger partial charge is 0.358 e. The molecule has 0 aliphatic carbocycles. The Bertz CT molecular complexity index is 1050. The Morgan fingerprint density at radius 3 is 2.58 bits per heavy atom. The van der Waals surface area contributed by atoms with Crippen LogP contribution in [0.25, 0.3) is 10.9 Å². The Hall–Kier alpha value is -2.34. The zero-order valence-electron chi connectivity index (χ0n) is 15.1. The number of nitrogens with one attached hydrogen (secondary N) is 1. The lowest BCUT2D eigenvalue weighted by atomic mass is 9.87. The van der Waals surface area contributed by atoms with Crippen LogP contribution in [0.1, 0.15) is 30.0 Å². The van der Waals surface area contributed by atoms with Crippen LogP contribution in [0.3, 0.4) is 0 Å². The van der Waals surface area contributed by atoms with E-state index in [1.165, 1.54) is 28.4 Å². The Kier molecular flexibility index (Phi) is 4.23. The lowest BCUT2D eigenvalue weighted by Crippen LogP contribution is -2.34. The maximum Gasteiger partial charge on any atom is 0.179 e. The molecule has 3 aromatic rings. The van der Waals surface area contributed by atoms with E-state index >= 15 is 0 Å². The fourth-order valence-corrected chi connectivity index (χ4v) is 4.95. The highest BCUT2D eigenvalue weighted by molar-refractivity contribution is 7.90. The van der Waals surface area contributed by atoms with E-state index in [1.807, 2.05) is 0 Å². The third-order valence-electron chi connectivity index (χ3n) is 5.30. The monoisotopic (exact) mass is 369 g/mol. The topological polar surface area (TPSA) is 66.1 Å². The smallest absolute Gasteiger partial charge is 0.179 e. The predicted molar refractivity (Wildman–Crippen MR) is 105 cm³/mol. The molecule has 0 radical (unpaired) electrons. The number of nitrogens with zero attached hydrogens (tertiary/aromatic N) is 2. The lowest BCUT2D eigenvalue weighted by molar-refractivity contribution is 0.500. The normalized spacial score (nSPS) is 16.3. The van der Waals surface area contributed by atoms with Gasteiger partial charge < -0.3 is 9.88 Å². The number of para-hydroxylation sites is 1. The van der Waals surface area contributed by atoms with Crippen molar-refractivity contribution in [3.8, 4) is 0 Å². The van der Waals surface area contributed by atoms with Crippen molar-refractivity contribution in [1.82, 2.24) is 9.97 Å². The van der Waals surface area contributed by atoms with Crippen molar-refractivity contribution in [2.75, 3.05) is 24.2 Å². The summed E-state index contributed by atoms with van der Waals surface area (Å²) in [5.74, 6) is 1.07. The number of aromatic nitrogens is 2. The van der Waals surface area contributed by atoms with E-state index in [2.05, 4.69) is 46.1 Å². The van der Waals surface area contributed by atoms with Gasteiger partial charge in [0.1, 0.15) is 10.7 Å². The molecule has 5 nitrogen and oxygen atoms in total. The quantitative estimate of drug-likeness (QED) is 0.765. The van der Waals surface area contributed by atoms with E-state index in [1.54, 1.807) is 18.3 Å². The molecule has 1 aliphatic heterocycles. The summed E-state index contributed by atoms with van der Waals surface area (Å²) in [4.78, 5) is 10.3. The van der Waals surface area contributed by atoms with Gasteiger partial charge >= 0.3 is 0 Å². The zero-order chi connectivity index (χ0) is 18.3. The second-order valence-corrected chi connectivity index (χ2v) is 9.05. The van der Waals surface area contributed by atoms with E-state index in [4.69, 9.17) is 0 Å². The average Bonchev–Trinajstić information content (AvgIpc) is 2.97. The van der Waals surface area contributed by atoms with Crippen LogP contribution in [-0.4, -0.2) is 37.7 Å². The number of piperidine rings is 1. The molecule has 0 saturated carbocycles. The predicted octanol–water partition coefficient (Wildman–Crippen LogP) is 3.66. The number of sulfone groups is 1. The molecule has 0 unspecified atom stereocenters. The first-order chi connectivity index (χ1) is 12.4. The molecule has 1 N–H and O–H groups in total. The van der Waals surface area contributed by atoms with Crippen LogP contribution in [0.2, 0.25) is 0 Å². The van der Waals surface area contributed by atoms with Gasteiger partial charge in [0.2, 0.25) is 0 Å². The fraction of sp³-hybridized carbons (Fsp3) is 0.350. The maximum absolute atomic E-state index is 12.1. The number of anilines is 1. The van der Waals surface area contributed by atoms with Crippen LogP contribution in [0.4, 0.5) is 5.82 Å². The fourth-order valence-electron chi connectivity index (χ4n) is 4.11. The molecule has 2 aromatic heterocycles. The van der Waals surface area contributed by atoms with E-state index in [0.29, 0.717) is 16.6 Å². The van der Waals surface area contributed by atoms with Gasteiger partial charge in [-0.15, -0.1) is 0 Å². The van der Waals surface area contributed by atoms with Gasteiger partial charge in [-0.1, -0.05) is 18.2 Å². The molecular formula is C20H23N3O2S. The number of hydrogen-bond acceptors (Lipinski definition) is 4. The molecule has 1 aliphatic rings. The summed E-state index contributed by atoms with van der Waals surface area (Å²) in [6.45, 7) is 3.76. The van der Waals surface area contributed by atoms with Crippen molar-refractivity contribution >= 4 is 26.6 Å². The summed E-state index contributed by atoms with van der Waals surface area (Å²) < 4.78 is 24.1. The Morgan fingerprint density at radius 2 is 1.85 bits per heavy atom. The highest BCUT2D eigenvalue weighted by atomic mass is 32.2. The van der Waals surface area contributed by atoms with Gasteiger partial charge in [0.25, 0.3) is 0 Å². The molecule has 3 heterocycles. The highest BCUT2D eigenvalue weighted by Crippen LogP contribution is 2.37. The van der Waals surface area contributed by atoms with Crippen molar-refractivity contribution < 1.29 is 8.42 Å². The number of pyridine rings is 1. The number of rotatable bonds is 3. The zero-order valence-corrected chi connectivity index (χ0v) is 15.9. The van der Waals surface area contributed by atoms with Gasteiger partial charge in [-0.2, -0.15) is 0 Å². The van der Waals surface area contributed by atoms with Crippen molar-refractivity contribution in [1.29, 1.82) is 0 Å². The van der Waals surface area contributed by atoms with Crippen LogP contribution >= 0.6 is 0 Å². The van der Waals surface area contributed by atoms with E-state index in [0.717, 1.165) is 25.9 Å². The van der Waals surface area contributed by atoms with Crippen molar-refractivity contribution in [3.63, 3.8) is 0 Å². The third kappa shape index (κ3) is 2.98. The van der Waals surface area contributed by atoms with Gasteiger partial charge in [-0.25, -0.2) is 13.4 Å². The molecule has 0 atom stereocenters. The van der Waals surface area contributed by atoms with E-state index in [-0.39, 0.29) is 0 Å². The Balaban J connectivity index is 1.60. The van der Waals surface area contributed by atoms with Crippen molar-refractivity contribution in [2.24, 2.45) is 0 Å². The standard InChI is InChI=1S/C20H23N3O2S/c1-14-19(16-6-3-4-7-17(16)22-14)15-9-12-23(13-10-15)20-18(26(2,24)25)8-5-11-21-20/h3-8,11,15,22H,9-10,12-13H2,1-2H3. The minimum atomic E-state index is -3.28. The van der Waals surface area contributed by atoms with Gasteiger partial charge in [-0.3, -0.25) is 0 Å². The molecule has 1 saturated heterocycles. The van der Waals surface area contributed by atoms with Crippen LogP contribution in [0.15, 0.2) is 47.5 Å². The lowest BCUT2D eigenvalue weighted by Gasteiger charge is -2.34. The summed E-state index contributed by atoms with van der Waals surface area (Å²) in [5.41, 5.74) is 3.83. The molecule has 1 aromatic carbocycles. The summed E-state index contributed by atoms with van der Waals surface area (Å²) in [6, 6.07) is 11.8. The van der Waals surface area contributed by atoms with Crippen LogP contribution < -0.4 is 4.90 Å². The molecule has 6 heteroatoms. The molecule has 0 spiro atoms. The van der Waals surface area contributed by atoms with Gasteiger partial charge in [0.15, 0.2) is 9.84 Å². The number of aromatic amines is 1. The van der Waals surface area contributed by atoms with Gasteiger partial charge in [-0.05, 0) is 49.4 Å². The van der Waals surface area contributed by atoms with Gasteiger partial charge in [0, 0.05) is 42.1 Å². The number of benzene rings is 1. The van der Waals surface area contributed by atoms with Crippen LogP contribution in [0, 0.1) is 6.92 Å². The molecule has 136 valence electrons. The minimum Gasteiger partial charge on any atom is -0.358 e. The molecule has 4 rings (SSSR count). The van der Waals surface area contributed by atoms with Crippen molar-refractivity contribution in [2.45, 2.75) is 30.6 Å². The summed E-state index contributed by atoms with van der Waals surface area (Å²) >= 11 is 0. The number of hydrogen-bond donors (Lipinski definition) is 1. The van der Waals surface area contributed by atoms with Crippen LogP contribution in [-0.2, 0) is 9.84 Å². The summed E-state index contributed by atoms with van der Waals surface area (Å²) in [6.07, 6.45) is 4.89. The SMILES string of the molecule is Cc1[nH]c2ccccc2c1C1CCN(c2ncccc2S(C)(=O)=O)CC1. The number of H-pyrrole nitrogens is 1. The maximum atomic E-state index is 12.1. The van der Waals surface area contributed by atoms with Crippen molar-refractivity contribution in [3.05, 3.63) is 53.9 Å². The average molecular weight is 369 g/mol. The van der Waals surface area contributed by atoms with E-state index < -0.39 is 9.84 Å². The Labute approximate surface area is 154 Å². The first-order valence-corrected chi connectivity index (χ1v) is 10.8. The molecule has 0 amide bonds. The molecule has 0 bridgehead atoms. The Morgan fingerprint density at radius 1 is 1.12 bits per heavy atom. The van der Waals surface area contributed by atoms with Gasteiger partial charge in [0.05, 0.1) is 0 Å². The molecule has 1 fully saturated rings. The molecular weight excluding hydrogens is 346 g/mol. The molecule has 26 heavy (non-hydrogen) atoms. The highest BCUT2D eigenvalue weighted by Gasteiger charge is 2.27. The second kappa shape index (κ2) is 6.43. The second-order valence-electron chi connectivity index (χ2n) is 7.07. The first-order valence-electron chi connectivity index (χ1n) is 8.92. The third-order valence-corrected chi connectivity index (χ3v) is 6.41. The minimum absolute atomic E-state index is 0.321. The number of fused-ring (bicyclic) bond motifs is 1. The first kappa shape index (κ1) is 17.1. The summed E-state index contributed by atoms with van der Waals surface area (Å²) in [7, 11) is -3.28. The number of aryl methyl sites for hydroxylation is 1.